The highest BCUT2D eigenvalue weighted by Crippen LogP contribution is 2.39. The Morgan fingerprint density at radius 1 is 1.14 bits per heavy atom. The second-order valence-electron chi connectivity index (χ2n) is 9.83. The molecule has 3 aromatic rings. The zero-order valence-corrected chi connectivity index (χ0v) is 21.6. The molecule has 2 heterocycles. The molecular weight excluding hydrogens is 515 g/mol. The van der Waals surface area contributed by atoms with Gasteiger partial charge in [-0.15, -0.1) is 0 Å². The number of nitrogens with two attached hydrogens (primary N) is 1. The monoisotopic (exact) mass is 542 g/mol. The minimum absolute atomic E-state index is 0.0123. The number of imidazole rings is 1. The second-order valence-corrected chi connectivity index (χ2v) is 10.6. The summed E-state index contributed by atoms with van der Waals surface area (Å²) >= 11 is 12.9. The summed E-state index contributed by atoms with van der Waals surface area (Å²) in [5.41, 5.74) is 7.58. The lowest BCUT2D eigenvalue weighted by molar-refractivity contribution is -0.122. The number of nitrogens with one attached hydrogen (secondary N) is 2. The fourth-order valence-electron chi connectivity index (χ4n) is 5.36. The van der Waals surface area contributed by atoms with E-state index in [2.05, 4.69) is 15.6 Å². The predicted octanol–water partition coefficient (Wildman–Crippen LogP) is 4.68. The van der Waals surface area contributed by atoms with Gasteiger partial charge in [-0.25, -0.2) is 9.97 Å². The van der Waals surface area contributed by atoms with Crippen molar-refractivity contribution in [2.75, 3.05) is 10.6 Å². The Bertz CT molecular complexity index is 1340. The molecule has 2 atom stereocenters. The van der Waals surface area contributed by atoms with Crippen LogP contribution in [-0.4, -0.2) is 42.7 Å². The van der Waals surface area contributed by atoms with E-state index in [0.717, 1.165) is 32.1 Å². The molecule has 0 unspecified atom stereocenters. The van der Waals surface area contributed by atoms with Crippen LogP contribution in [0.5, 0.6) is 0 Å². The van der Waals surface area contributed by atoms with Crippen molar-refractivity contribution in [2.45, 2.75) is 69.6 Å². The molecule has 1 aromatic carbocycles. The van der Waals surface area contributed by atoms with Crippen LogP contribution < -0.4 is 16.4 Å². The molecular formula is C25H28Cl2N8O2. The van der Waals surface area contributed by atoms with E-state index in [9.17, 15) is 15.2 Å². The number of aliphatic hydroxyl groups is 1. The average molecular weight is 543 g/mol. The number of amides is 1. The highest BCUT2D eigenvalue weighted by atomic mass is 35.5. The van der Waals surface area contributed by atoms with Gasteiger partial charge in [0.1, 0.15) is 5.52 Å². The Morgan fingerprint density at radius 3 is 2.51 bits per heavy atom. The van der Waals surface area contributed by atoms with E-state index < -0.39 is 0 Å². The summed E-state index contributed by atoms with van der Waals surface area (Å²) in [4.78, 5) is 25.8. The molecule has 2 aliphatic carbocycles. The fourth-order valence-corrected chi connectivity index (χ4v) is 5.94. The number of carbonyl (C=O) groups is 1. The van der Waals surface area contributed by atoms with Gasteiger partial charge in [-0.1, -0.05) is 23.2 Å². The minimum Gasteiger partial charge on any atom is -0.393 e. The van der Waals surface area contributed by atoms with Gasteiger partial charge >= 0.3 is 0 Å². The zero-order chi connectivity index (χ0) is 26.1. The first kappa shape index (κ1) is 25.5. The summed E-state index contributed by atoms with van der Waals surface area (Å²) in [7, 11) is 0. The number of fused-ring (bicyclic) bond motifs is 1. The summed E-state index contributed by atoms with van der Waals surface area (Å²) in [5.74, 6) is 0.548. The number of nitriles is 1. The molecule has 2 fully saturated rings. The maximum absolute atomic E-state index is 11.7. The lowest BCUT2D eigenvalue weighted by Crippen LogP contribution is -2.30. The van der Waals surface area contributed by atoms with Crippen LogP contribution in [-0.2, 0) is 4.79 Å². The number of aromatic nitrogens is 4. The molecule has 12 heteroatoms. The van der Waals surface area contributed by atoms with Gasteiger partial charge in [0.15, 0.2) is 5.65 Å². The number of rotatable bonds is 6. The van der Waals surface area contributed by atoms with Crippen LogP contribution in [0.3, 0.4) is 0 Å². The molecule has 0 saturated heterocycles. The van der Waals surface area contributed by atoms with Gasteiger partial charge in [-0.3, -0.25) is 9.36 Å². The quantitative estimate of drug-likeness (QED) is 0.349. The van der Waals surface area contributed by atoms with E-state index in [0.29, 0.717) is 63.6 Å². The Labute approximate surface area is 224 Å². The Balaban J connectivity index is 1.52. The number of halogens is 2. The molecule has 10 nitrogen and oxygen atoms in total. The second kappa shape index (κ2) is 10.7. The van der Waals surface area contributed by atoms with E-state index in [4.69, 9.17) is 38.9 Å². The van der Waals surface area contributed by atoms with Gasteiger partial charge < -0.3 is 21.5 Å². The van der Waals surface area contributed by atoms with Gasteiger partial charge in [0.2, 0.25) is 17.8 Å². The molecule has 2 aliphatic rings. The van der Waals surface area contributed by atoms with Crippen molar-refractivity contribution >= 4 is 57.9 Å². The Morgan fingerprint density at radius 2 is 1.86 bits per heavy atom. The van der Waals surface area contributed by atoms with Crippen LogP contribution in [0.2, 0.25) is 10.0 Å². The van der Waals surface area contributed by atoms with Crippen molar-refractivity contribution in [3.63, 3.8) is 0 Å². The molecule has 5 N–H and O–H groups in total. The van der Waals surface area contributed by atoms with E-state index >= 15 is 0 Å². The van der Waals surface area contributed by atoms with Crippen molar-refractivity contribution < 1.29 is 9.90 Å². The molecule has 2 saturated carbocycles. The summed E-state index contributed by atoms with van der Waals surface area (Å²) in [6.07, 6.45) is 7.51. The number of hydrogen-bond acceptors (Lipinski definition) is 8. The lowest BCUT2D eigenvalue weighted by Gasteiger charge is -2.29. The largest absolute Gasteiger partial charge is 0.393 e. The van der Waals surface area contributed by atoms with Crippen molar-refractivity contribution in [2.24, 2.45) is 11.7 Å². The number of benzene rings is 1. The number of primary amides is 1. The van der Waals surface area contributed by atoms with E-state index in [-0.39, 0.29) is 30.0 Å². The van der Waals surface area contributed by atoms with Gasteiger partial charge in [-0.2, -0.15) is 10.2 Å². The van der Waals surface area contributed by atoms with Gasteiger partial charge in [0.25, 0.3) is 0 Å². The fraction of sp³-hybridized carbons (Fsp3) is 0.480. The Kier molecular flexibility index (Phi) is 7.38. The minimum atomic E-state index is -0.321. The standard InChI is InChI=1S/C25H28Cl2N8O2/c26-18-8-13(11-28)9-19(27)21(18)33-25-32-20-12-30-24(31-15-2-1-3-17(36)10-15)34-23(20)35(25)16-6-4-14(5-7-16)22(29)37/h8-9,12,14-17,36H,1-7,10H2,(H2,29,37)(H,32,33)(H,30,31,34)/t14-,15-,16-,17+/m1/s1. The predicted molar refractivity (Wildman–Crippen MR) is 142 cm³/mol. The van der Waals surface area contributed by atoms with Gasteiger partial charge in [-0.05, 0) is 63.5 Å². The number of nitrogens with zero attached hydrogens (tertiary/aromatic N) is 5. The number of anilines is 3. The normalized spacial score (nSPS) is 23.9. The van der Waals surface area contributed by atoms with E-state index in [1.807, 2.05) is 10.6 Å². The molecule has 1 amide bonds. The summed E-state index contributed by atoms with van der Waals surface area (Å²) in [5, 5.41) is 26.5. The van der Waals surface area contributed by atoms with Crippen molar-refractivity contribution in [3.05, 3.63) is 33.9 Å². The van der Waals surface area contributed by atoms with Crippen molar-refractivity contribution in [1.82, 2.24) is 19.5 Å². The number of aliphatic hydroxyl groups excluding tert-OH is 1. The molecule has 0 spiro atoms. The van der Waals surface area contributed by atoms with Crippen molar-refractivity contribution in [1.29, 1.82) is 5.26 Å². The maximum atomic E-state index is 11.7. The molecule has 37 heavy (non-hydrogen) atoms. The first-order chi connectivity index (χ1) is 17.8. The van der Waals surface area contributed by atoms with Crippen LogP contribution in [0.1, 0.15) is 63.0 Å². The third-order valence-electron chi connectivity index (χ3n) is 7.28. The summed E-state index contributed by atoms with van der Waals surface area (Å²) in [6, 6.07) is 5.24. The smallest absolute Gasteiger partial charge is 0.224 e. The molecule has 194 valence electrons. The maximum Gasteiger partial charge on any atom is 0.224 e. The first-order valence-corrected chi connectivity index (χ1v) is 13.2. The molecule has 2 aromatic heterocycles. The van der Waals surface area contributed by atoms with Crippen LogP contribution in [0.25, 0.3) is 11.2 Å². The van der Waals surface area contributed by atoms with Crippen LogP contribution in [0.15, 0.2) is 18.3 Å². The highest BCUT2D eigenvalue weighted by Gasteiger charge is 2.30. The highest BCUT2D eigenvalue weighted by molar-refractivity contribution is 6.39. The molecule has 0 radical (unpaired) electrons. The van der Waals surface area contributed by atoms with Crippen molar-refractivity contribution in [3.8, 4) is 6.07 Å². The lowest BCUT2D eigenvalue weighted by atomic mass is 9.85. The van der Waals surface area contributed by atoms with Crippen LogP contribution in [0.4, 0.5) is 17.6 Å². The molecule has 0 bridgehead atoms. The summed E-state index contributed by atoms with van der Waals surface area (Å²) < 4.78 is 2.01. The van der Waals surface area contributed by atoms with Crippen LogP contribution in [0, 0.1) is 17.2 Å². The Hall–Kier alpha value is -3.13. The third kappa shape index (κ3) is 5.44. The van der Waals surface area contributed by atoms with E-state index in [1.165, 1.54) is 0 Å². The zero-order valence-electron chi connectivity index (χ0n) is 20.1. The topological polar surface area (TPSA) is 155 Å². The number of carbonyl (C=O) groups excluding carboxylic acids is 1. The van der Waals surface area contributed by atoms with Crippen LogP contribution >= 0.6 is 23.2 Å². The van der Waals surface area contributed by atoms with Gasteiger partial charge in [0.05, 0.1) is 39.7 Å². The summed E-state index contributed by atoms with van der Waals surface area (Å²) in [6.45, 7) is 0. The van der Waals surface area contributed by atoms with Gasteiger partial charge in [0, 0.05) is 18.0 Å². The average Bonchev–Trinajstić information content (AvgIpc) is 3.23. The first-order valence-electron chi connectivity index (χ1n) is 12.5. The van der Waals surface area contributed by atoms with E-state index in [1.54, 1.807) is 18.3 Å². The third-order valence-corrected chi connectivity index (χ3v) is 7.88. The number of hydrogen-bond donors (Lipinski definition) is 4. The molecule has 0 aliphatic heterocycles. The SMILES string of the molecule is N#Cc1cc(Cl)c(Nc2nc3cnc(N[C@@H]4CCC[C@H](O)C4)nc3n2[C@H]2CC[C@H](C(N)=O)CC2)c(Cl)c1. The molecule has 5 rings (SSSR count).